The standard InChI is InChI=1S/C17H18N2O/c1-13(20)19-17(15-10-6-3-7-11-15)12-16(18-19)14-8-4-2-5-9-14/h2-11,16-18H,12H2,1H3. The molecule has 2 aromatic carbocycles. The van der Waals surface area contributed by atoms with Crippen LogP contribution in [0.4, 0.5) is 0 Å². The maximum atomic E-state index is 11.9. The van der Waals surface area contributed by atoms with Crippen molar-refractivity contribution in [2.24, 2.45) is 0 Å². The van der Waals surface area contributed by atoms with E-state index in [0.717, 1.165) is 6.42 Å². The Hall–Kier alpha value is -2.13. The van der Waals surface area contributed by atoms with Crippen LogP contribution in [0.5, 0.6) is 0 Å². The van der Waals surface area contributed by atoms with E-state index in [1.165, 1.54) is 11.1 Å². The summed E-state index contributed by atoms with van der Waals surface area (Å²) >= 11 is 0. The summed E-state index contributed by atoms with van der Waals surface area (Å²) in [6.07, 6.45) is 0.896. The van der Waals surface area contributed by atoms with Crippen molar-refractivity contribution < 1.29 is 4.79 Å². The minimum atomic E-state index is 0.0530. The second-order valence-corrected chi connectivity index (χ2v) is 5.14. The Labute approximate surface area is 119 Å². The van der Waals surface area contributed by atoms with Crippen LogP contribution in [0.3, 0.4) is 0 Å². The number of amides is 1. The number of hydrazine groups is 1. The van der Waals surface area contributed by atoms with Gasteiger partial charge in [-0.15, -0.1) is 0 Å². The van der Waals surface area contributed by atoms with Gasteiger partial charge in [0.25, 0.3) is 0 Å². The summed E-state index contributed by atoms with van der Waals surface area (Å²) in [4.78, 5) is 11.9. The lowest BCUT2D eigenvalue weighted by molar-refractivity contribution is -0.132. The molecular formula is C17H18N2O. The van der Waals surface area contributed by atoms with Gasteiger partial charge in [-0.25, -0.2) is 5.43 Å². The first-order chi connectivity index (χ1) is 9.75. The number of nitrogens with one attached hydrogen (secondary N) is 1. The second kappa shape index (κ2) is 5.47. The van der Waals surface area contributed by atoms with E-state index in [4.69, 9.17) is 0 Å². The molecule has 1 amide bonds. The maximum Gasteiger partial charge on any atom is 0.234 e. The van der Waals surface area contributed by atoms with Gasteiger partial charge in [-0.1, -0.05) is 60.7 Å². The molecule has 2 unspecified atom stereocenters. The molecule has 2 aromatic rings. The van der Waals surface area contributed by atoms with Gasteiger partial charge in [-0.2, -0.15) is 0 Å². The molecule has 0 aromatic heterocycles. The molecule has 2 atom stereocenters. The van der Waals surface area contributed by atoms with Crippen molar-refractivity contribution in [3.63, 3.8) is 0 Å². The minimum absolute atomic E-state index is 0.0530. The molecule has 0 aliphatic carbocycles. The first kappa shape index (κ1) is 12.9. The molecule has 0 radical (unpaired) electrons. The zero-order valence-electron chi connectivity index (χ0n) is 11.5. The molecule has 1 saturated heterocycles. The summed E-state index contributed by atoms with van der Waals surface area (Å²) in [5.41, 5.74) is 5.73. The molecule has 0 spiro atoms. The second-order valence-electron chi connectivity index (χ2n) is 5.14. The van der Waals surface area contributed by atoms with E-state index >= 15 is 0 Å². The highest BCUT2D eigenvalue weighted by molar-refractivity contribution is 5.73. The summed E-state index contributed by atoms with van der Waals surface area (Å²) in [7, 11) is 0. The average molecular weight is 266 g/mol. The average Bonchev–Trinajstić information content (AvgIpc) is 2.94. The van der Waals surface area contributed by atoms with E-state index in [0.29, 0.717) is 0 Å². The summed E-state index contributed by atoms with van der Waals surface area (Å²) in [5, 5.41) is 1.76. The Bertz CT molecular complexity index is 582. The van der Waals surface area contributed by atoms with Crippen LogP contribution in [-0.4, -0.2) is 10.9 Å². The fraction of sp³-hybridized carbons (Fsp3) is 0.235. The number of carbonyl (C=O) groups is 1. The molecule has 1 heterocycles. The van der Waals surface area contributed by atoms with Gasteiger partial charge < -0.3 is 0 Å². The molecule has 1 aliphatic heterocycles. The molecule has 3 nitrogen and oxygen atoms in total. The normalized spacial score (nSPS) is 21.9. The number of hydrogen-bond acceptors (Lipinski definition) is 2. The molecule has 1 N–H and O–H groups in total. The molecule has 3 rings (SSSR count). The van der Waals surface area contributed by atoms with Crippen molar-refractivity contribution in [2.75, 3.05) is 0 Å². The zero-order chi connectivity index (χ0) is 13.9. The van der Waals surface area contributed by atoms with Crippen LogP contribution in [0, 0.1) is 0 Å². The lowest BCUT2D eigenvalue weighted by Crippen LogP contribution is -2.37. The minimum Gasteiger partial charge on any atom is -0.274 e. The van der Waals surface area contributed by atoms with Gasteiger partial charge in [0.1, 0.15) is 0 Å². The largest absolute Gasteiger partial charge is 0.274 e. The SMILES string of the molecule is CC(=O)N1NC(c2ccccc2)CC1c1ccccc1. The summed E-state index contributed by atoms with van der Waals surface area (Å²) in [5.74, 6) is 0.0530. The molecular weight excluding hydrogens is 248 g/mol. The van der Waals surface area contributed by atoms with Crippen LogP contribution < -0.4 is 5.43 Å². The van der Waals surface area contributed by atoms with Crippen LogP contribution in [0.1, 0.15) is 36.6 Å². The number of rotatable bonds is 2. The molecule has 1 fully saturated rings. The monoisotopic (exact) mass is 266 g/mol. The number of carbonyl (C=O) groups excluding carboxylic acids is 1. The molecule has 1 aliphatic rings. The summed E-state index contributed by atoms with van der Waals surface area (Å²) in [6.45, 7) is 1.61. The third kappa shape index (κ3) is 2.45. The molecule has 20 heavy (non-hydrogen) atoms. The predicted octanol–water partition coefficient (Wildman–Crippen LogP) is 3.23. The highest BCUT2D eigenvalue weighted by Crippen LogP contribution is 2.36. The van der Waals surface area contributed by atoms with Crippen molar-refractivity contribution in [3.8, 4) is 0 Å². The van der Waals surface area contributed by atoms with E-state index < -0.39 is 0 Å². The smallest absolute Gasteiger partial charge is 0.234 e. The molecule has 3 heteroatoms. The first-order valence-electron chi connectivity index (χ1n) is 6.91. The Morgan fingerprint density at radius 3 is 2.10 bits per heavy atom. The van der Waals surface area contributed by atoms with Crippen molar-refractivity contribution in [2.45, 2.75) is 25.4 Å². The topological polar surface area (TPSA) is 32.3 Å². The van der Waals surface area contributed by atoms with Crippen molar-refractivity contribution >= 4 is 5.91 Å². The van der Waals surface area contributed by atoms with Crippen LogP contribution >= 0.6 is 0 Å². The quantitative estimate of drug-likeness (QED) is 0.905. The van der Waals surface area contributed by atoms with Crippen LogP contribution in [0.25, 0.3) is 0 Å². The fourth-order valence-corrected chi connectivity index (χ4v) is 2.81. The van der Waals surface area contributed by atoms with Crippen molar-refractivity contribution in [1.29, 1.82) is 0 Å². The predicted molar refractivity (Wildman–Crippen MR) is 78.6 cm³/mol. The summed E-state index contributed by atoms with van der Waals surface area (Å²) in [6, 6.07) is 20.7. The molecule has 102 valence electrons. The van der Waals surface area contributed by atoms with Crippen LogP contribution in [0.15, 0.2) is 60.7 Å². The van der Waals surface area contributed by atoms with E-state index in [1.807, 2.05) is 36.4 Å². The summed E-state index contributed by atoms with van der Waals surface area (Å²) < 4.78 is 0. The van der Waals surface area contributed by atoms with E-state index in [2.05, 4.69) is 29.7 Å². The van der Waals surface area contributed by atoms with E-state index in [1.54, 1.807) is 11.9 Å². The van der Waals surface area contributed by atoms with E-state index in [-0.39, 0.29) is 18.0 Å². The Kier molecular flexibility index (Phi) is 3.52. The Morgan fingerprint density at radius 2 is 1.55 bits per heavy atom. The van der Waals surface area contributed by atoms with Crippen molar-refractivity contribution in [1.82, 2.24) is 10.4 Å². The van der Waals surface area contributed by atoms with Crippen molar-refractivity contribution in [3.05, 3.63) is 71.8 Å². The van der Waals surface area contributed by atoms with E-state index in [9.17, 15) is 4.79 Å². The van der Waals surface area contributed by atoms with Gasteiger partial charge in [-0.05, 0) is 17.5 Å². The fourth-order valence-electron chi connectivity index (χ4n) is 2.81. The van der Waals surface area contributed by atoms with Gasteiger partial charge >= 0.3 is 0 Å². The number of benzene rings is 2. The third-order valence-electron chi connectivity index (χ3n) is 3.79. The highest BCUT2D eigenvalue weighted by Gasteiger charge is 2.34. The maximum absolute atomic E-state index is 11.9. The number of nitrogens with zero attached hydrogens (tertiary/aromatic N) is 1. The number of hydrogen-bond donors (Lipinski definition) is 1. The zero-order valence-corrected chi connectivity index (χ0v) is 11.5. The third-order valence-corrected chi connectivity index (χ3v) is 3.79. The van der Waals surface area contributed by atoms with Gasteiger partial charge in [0.15, 0.2) is 0 Å². The first-order valence-corrected chi connectivity index (χ1v) is 6.91. The molecule has 0 saturated carbocycles. The Balaban J connectivity index is 1.89. The highest BCUT2D eigenvalue weighted by atomic mass is 16.2. The van der Waals surface area contributed by atoms with Gasteiger partial charge in [0, 0.05) is 6.92 Å². The van der Waals surface area contributed by atoms with Gasteiger partial charge in [0.2, 0.25) is 5.91 Å². The molecule has 0 bridgehead atoms. The van der Waals surface area contributed by atoms with Gasteiger partial charge in [-0.3, -0.25) is 9.80 Å². The van der Waals surface area contributed by atoms with Crippen LogP contribution in [0.2, 0.25) is 0 Å². The van der Waals surface area contributed by atoms with Gasteiger partial charge in [0.05, 0.1) is 12.1 Å². The lowest BCUT2D eigenvalue weighted by atomic mass is 9.97. The van der Waals surface area contributed by atoms with Crippen LogP contribution in [-0.2, 0) is 4.79 Å². The lowest BCUT2D eigenvalue weighted by Gasteiger charge is -2.23. The Morgan fingerprint density at radius 1 is 1.00 bits per heavy atom.